The van der Waals surface area contributed by atoms with Gasteiger partial charge in [0.2, 0.25) is 5.91 Å². The van der Waals surface area contributed by atoms with Crippen molar-refractivity contribution in [2.45, 2.75) is 18.9 Å². The lowest BCUT2D eigenvalue weighted by molar-refractivity contribution is -0.119. The molecule has 1 fully saturated rings. The van der Waals surface area contributed by atoms with Gasteiger partial charge in [-0.05, 0) is 43.0 Å². The molecule has 1 amide bonds. The van der Waals surface area contributed by atoms with Crippen LogP contribution in [0.15, 0.2) is 36.7 Å². The van der Waals surface area contributed by atoms with Gasteiger partial charge in [-0.1, -0.05) is 0 Å². The molecular formula is C16H22Cl2N4O2. The Bertz CT molecular complexity index is 614. The fourth-order valence-electron chi connectivity index (χ4n) is 2.65. The minimum absolute atomic E-state index is 0. The Morgan fingerprint density at radius 2 is 1.92 bits per heavy atom. The Labute approximate surface area is 153 Å². The molecule has 1 aliphatic rings. The summed E-state index contributed by atoms with van der Waals surface area (Å²) in [5, 5.41) is 2.88. The summed E-state index contributed by atoms with van der Waals surface area (Å²) in [4.78, 5) is 19.5. The molecule has 132 valence electrons. The standard InChI is InChI=1S/C16H20N4O2.2ClH/c17-14(11-5-9-22-10-6-11)16(21)20-13-3-1-12(2-4-13)15-18-7-8-19-15;;/h1-4,7-8,11,14H,5-6,9-10,17H2,(H,18,19)(H,20,21);2*1H. The van der Waals surface area contributed by atoms with Gasteiger partial charge in [-0.2, -0.15) is 0 Å². The zero-order chi connectivity index (χ0) is 15.4. The lowest BCUT2D eigenvalue weighted by Crippen LogP contribution is -2.43. The molecule has 2 aromatic rings. The highest BCUT2D eigenvalue weighted by atomic mass is 35.5. The number of nitrogens with one attached hydrogen (secondary N) is 2. The van der Waals surface area contributed by atoms with E-state index in [-0.39, 0.29) is 36.6 Å². The van der Waals surface area contributed by atoms with Gasteiger partial charge in [-0.15, -0.1) is 24.8 Å². The number of H-pyrrole nitrogens is 1. The average Bonchev–Trinajstić information content (AvgIpc) is 3.10. The van der Waals surface area contributed by atoms with Crippen LogP contribution in [-0.2, 0) is 9.53 Å². The van der Waals surface area contributed by atoms with Crippen LogP contribution in [-0.4, -0.2) is 35.1 Å². The van der Waals surface area contributed by atoms with Crippen molar-refractivity contribution < 1.29 is 9.53 Å². The number of halogens is 2. The van der Waals surface area contributed by atoms with E-state index in [0.29, 0.717) is 13.2 Å². The summed E-state index contributed by atoms with van der Waals surface area (Å²) in [5.41, 5.74) is 7.77. The van der Waals surface area contributed by atoms with E-state index in [4.69, 9.17) is 10.5 Å². The first-order valence-corrected chi connectivity index (χ1v) is 7.48. The predicted molar refractivity (Wildman–Crippen MR) is 98.7 cm³/mol. The number of ether oxygens (including phenoxy) is 1. The molecule has 0 spiro atoms. The van der Waals surface area contributed by atoms with Crippen LogP contribution in [0.2, 0.25) is 0 Å². The second-order valence-electron chi connectivity index (χ2n) is 5.48. The number of amides is 1. The molecule has 1 unspecified atom stereocenters. The molecule has 0 saturated carbocycles. The summed E-state index contributed by atoms with van der Waals surface area (Å²) in [6, 6.07) is 7.04. The molecule has 1 atom stereocenters. The third kappa shape index (κ3) is 4.95. The van der Waals surface area contributed by atoms with Crippen molar-refractivity contribution in [1.82, 2.24) is 9.97 Å². The summed E-state index contributed by atoms with van der Waals surface area (Å²) in [7, 11) is 0. The maximum atomic E-state index is 12.2. The van der Waals surface area contributed by atoms with Crippen LogP contribution in [0.5, 0.6) is 0 Å². The Balaban J connectivity index is 0.00000144. The van der Waals surface area contributed by atoms with Crippen LogP contribution in [0.1, 0.15) is 12.8 Å². The Hall–Kier alpha value is -1.60. The summed E-state index contributed by atoms with van der Waals surface area (Å²) >= 11 is 0. The molecule has 8 heteroatoms. The van der Waals surface area contributed by atoms with Crippen LogP contribution in [0, 0.1) is 5.92 Å². The summed E-state index contributed by atoms with van der Waals surface area (Å²) in [6.07, 6.45) is 5.16. The Morgan fingerprint density at radius 1 is 1.25 bits per heavy atom. The van der Waals surface area contributed by atoms with Crippen molar-refractivity contribution in [3.05, 3.63) is 36.7 Å². The van der Waals surface area contributed by atoms with Crippen molar-refractivity contribution in [3.8, 4) is 11.4 Å². The molecule has 24 heavy (non-hydrogen) atoms. The largest absolute Gasteiger partial charge is 0.381 e. The van der Waals surface area contributed by atoms with Crippen LogP contribution < -0.4 is 11.1 Å². The third-order valence-electron chi connectivity index (χ3n) is 4.00. The van der Waals surface area contributed by atoms with Crippen LogP contribution >= 0.6 is 24.8 Å². The first-order chi connectivity index (χ1) is 10.7. The van der Waals surface area contributed by atoms with E-state index in [1.807, 2.05) is 24.3 Å². The van der Waals surface area contributed by atoms with E-state index in [2.05, 4.69) is 15.3 Å². The molecular weight excluding hydrogens is 351 g/mol. The first-order valence-electron chi connectivity index (χ1n) is 7.48. The number of benzene rings is 1. The number of aromatic amines is 1. The number of aromatic nitrogens is 2. The number of nitrogens with zero attached hydrogens (tertiary/aromatic N) is 1. The number of hydrogen-bond donors (Lipinski definition) is 3. The summed E-state index contributed by atoms with van der Waals surface area (Å²) in [6.45, 7) is 1.37. The highest BCUT2D eigenvalue weighted by Gasteiger charge is 2.26. The monoisotopic (exact) mass is 372 g/mol. The molecule has 6 nitrogen and oxygen atoms in total. The fraction of sp³-hybridized carbons (Fsp3) is 0.375. The first kappa shape index (κ1) is 20.4. The number of imidazole rings is 1. The molecule has 0 bridgehead atoms. The Kier molecular flexibility index (Phi) is 8.21. The van der Waals surface area contributed by atoms with Crippen molar-refractivity contribution in [3.63, 3.8) is 0 Å². The highest BCUT2D eigenvalue weighted by Crippen LogP contribution is 2.20. The van der Waals surface area contributed by atoms with Gasteiger partial charge in [-0.3, -0.25) is 4.79 Å². The lowest BCUT2D eigenvalue weighted by atomic mass is 9.92. The van der Waals surface area contributed by atoms with Crippen molar-refractivity contribution in [2.24, 2.45) is 11.7 Å². The number of hydrogen-bond acceptors (Lipinski definition) is 4. The molecule has 0 radical (unpaired) electrons. The second-order valence-corrected chi connectivity index (χ2v) is 5.48. The van der Waals surface area contributed by atoms with E-state index in [0.717, 1.165) is 29.9 Å². The number of carbonyl (C=O) groups excluding carboxylic acids is 1. The predicted octanol–water partition coefficient (Wildman–Crippen LogP) is 2.61. The highest BCUT2D eigenvalue weighted by molar-refractivity contribution is 5.95. The Morgan fingerprint density at radius 3 is 2.50 bits per heavy atom. The molecule has 2 heterocycles. The van der Waals surface area contributed by atoms with E-state index in [9.17, 15) is 4.79 Å². The van der Waals surface area contributed by atoms with Crippen LogP contribution in [0.3, 0.4) is 0 Å². The van der Waals surface area contributed by atoms with E-state index in [1.54, 1.807) is 12.4 Å². The normalized spacial score (nSPS) is 15.7. The SMILES string of the molecule is Cl.Cl.NC(C(=O)Nc1ccc(-c2ncc[nH]2)cc1)C1CCOCC1. The molecule has 3 rings (SSSR count). The van der Waals surface area contributed by atoms with Gasteiger partial charge in [0.1, 0.15) is 5.82 Å². The smallest absolute Gasteiger partial charge is 0.241 e. The van der Waals surface area contributed by atoms with Gasteiger partial charge in [-0.25, -0.2) is 4.98 Å². The maximum absolute atomic E-state index is 12.2. The minimum atomic E-state index is -0.492. The lowest BCUT2D eigenvalue weighted by Gasteiger charge is -2.26. The molecule has 0 aliphatic carbocycles. The molecule has 1 saturated heterocycles. The zero-order valence-electron chi connectivity index (χ0n) is 13.1. The van der Waals surface area contributed by atoms with Crippen LogP contribution in [0.4, 0.5) is 5.69 Å². The van der Waals surface area contributed by atoms with Gasteiger partial charge in [0.05, 0.1) is 6.04 Å². The fourth-order valence-corrected chi connectivity index (χ4v) is 2.65. The molecule has 1 aromatic heterocycles. The summed E-state index contributed by atoms with van der Waals surface area (Å²) in [5.74, 6) is 0.852. The van der Waals surface area contributed by atoms with Gasteiger partial charge in [0.25, 0.3) is 0 Å². The van der Waals surface area contributed by atoms with E-state index >= 15 is 0 Å². The van der Waals surface area contributed by atoms with Crippen molar-refractivity contribution in [1.29, 1.82) is 0 Å². The number of nitrogens with two attached hydrogens (primary N) is 1. The molecule has 1 aliphatic heterocycles. The van der Waals surface area contributed by atoms with Gasteiger partial charge in [0.15, 0.2) is 0 Å². The molecule has 1 aromatic carbocycles. The zero-order valence-corrected chi connectivity index (χ0v) is 14.7. The number of anilines is 1. The van der Waals surface area contributed by atoms with Gasteiger partial charge in [0, 0.05) is 36.9 Å². The topological polar surface area (TPSA) is 93.0 Å². The quantitative estimate of drug-likeness (QED) is 0.768. The number of rotatable bonds is 4. The summed E-state index contributed by atoms with van der Waals surface area (Å²) < 4.78 is 5.30. The van der Waals surface area contributed by atoms with Crippen LogP contribution in [0.25, 0.3) is 11.4 Å². The van der Waals surface area contributed by atoms with Crippen molar-refractivity contribution in [2.75, 3.05) is 18.5 Å². The van der Waals surface area contributed by atoms with Gasteiger partial charge < -0.3 is 20.8 Å². The second kappa shape index (κ2) is 9.64. The van der Waals surface area contributed by atoms with E-state index < -0.39 is 6.04 Å². The number of carbonyl (C=O) groups is 1. The van der Waals surface area contributed by atoms with Crippen molar-refractivity contribution >= 4 is 36.4 Å². The third-order valence-corrected chi connectivity index (χ3v) is 4.00. The van der Waals surface area contributed by atoms with Gasteiger partial charge >= 0.3 is 0 Å². The molecule has 4 N–H and O–H groups in total. The van der Waals surface area contributed by atoms with E-state index in [1.165, 1.54) is 0 Å². The minimum Gasteiger partial charge on any atom is -0.381 e. The average molecular weight is 373 g/mol. The maximum Gasteiger partial charge on any atom is 0.241 e.